The molecule has 0 aliphatic rings. The Morgan fingerprint density at radius 3 is 2.13 bits per heavy atom. The zero-order valence-corrected chi connectivity index (χ0v) is 19.5. The minimum Gasteiger partial charge on any atom is -0.497 e. The molecule has 0 saturated carbocycles. The Bertz CT molecular complexity index is 988. The van der Waals surface area contributed by atoms with Crippen LogP contribution in [0.5, 0.6) is 17.2 Å². The molecule has 0 saturated heterocycles. The van der Waals surface area contributed by atoms with Crippen LogP contribution in [0.1, 0.15) is 33.3 Å². The summed E-state index contributed by atoms with van der Waals surface area (Å²) < 4.78 is 41.2. The smallest absolute Gasteiger partial charge is 0.339 e. The van der Waals surface area contributed by atoms with Crippen LogP contribution >= 0.6 is 0 Å². The summed E-state index contributed by atoms with van der Waals surface area (Å²) in [5.74, 6) is 0.847. The van der Waals surface area contributed by atoms with E-state index in [-0.39, 0.29) is 41.1 Å². The number of benzene rings is 2. The maximum Gasteiger partial charge on any atom is 0.339 e. The number of nitrogens with zero attached hydrogens (tertiary/aromatic N) is 1. The highest BCUT2D eigenvalue weighted by atomic mass is 32.2. The normalized spacial score (nSPS) is 11.4. The first-order valence-electron chi connectivity index (χ1n) is 9.90. The first kappa shape index (κ1) is 24.3. The van der Waals surface area contributed by atoms with Crippen molar-refractivity contribution in [2.75, 3.05) is 14.2 Å². The third-order valence-corrected chi connectivity index (χ3v) is 5.67. The molecule has 9 heteroatoms. The van der Waals surface area contributed by atoms with Crippen LogP contribution in [0.25, 0.3) is 0 Å². The van der Waals surface area contributed by atoms with Gasteiger partial charge in [-0.1, -0.05) is 6.07 Å². The Kier molecular flexibility index (Phi) is 8.15. The van der Waals surface area contributed by atoms with Crippen LogP contribution in [0.3, 0.4) is 0 Å². The molecule has 0 heterocycles. The van der Waals surface area contributed by atoms with E-state index in [9.17, 15) is 13.2 Å². The lowest BCUT2D eigenvalue weighted by Gasteiger charge is -2.28. The van der Waals surface area contributed by atoms with Crippen LogP contribution in [0.15, 0.2) is 47.4 Å². The molecular formula is C22H30N2O6S. The van der Waals surface area contributed by atoms with Crippen molar-refractivity contribution in [1.82, 2.24) is 10.2 Å². The van der Waals surface area contributed by atoms with E-state index in [2.05, 4.69) is 5.32 Å². The zero-order valence-electron chi connectivity index (χ0n) is 18.7. The summed E-state index contributed by atoms with van der Waals surface area (Å²) in [5.41, 5.74) is 0.702. The van der Waals surface area contributed by atoms with Gasteiger partial charge < -0.3 is 23.9 Å². The van der Waals surface area contributed by atoms with Crippen molar-refractivity contribution in [3.05, 3.63) is 48.0 Å². The second-order valence-electron chi connectivity index (χ2n) is 7.52. The van der Waals surface area contributed by atoms with E-state index in [4.69, 9.17) is 13.7 Å². The summed E-state index contributed by atoms with van der Waals surface area (Å²) in [6.07, 6.45) is 0. The number of nitrogens with one attached hydrogen (secondary N) is 1. The molecule has 0 unspecified atom stereocenters. The van der Waals surface area contributed by atoms with Crippen molar-refractivity contribution in [3.63, 3.8) is 0 Å². The molecule has 31 heavy (non-hydrogen) atoms. The van der Waals surface area contributed by atoms with Gasteiger partial charge in [0.05, 0.1) is 14.2 Å². The van der Waals surface area contributed by atoms with Gasteiger partial charge >= 0.3 is 16.1 Å². The highest BCUT2D eigenvalue weighted by molar-refractivity contribution is 7.87. The van der Waals surface area contributed by atoms with Gasteiger partial charge in [0, 0.05) is 18.6 Å². The standard InChI is InChI=1S/C22H30N2O6S/c1-15(2)23-22(25)24(16(3)4)14-17-7-12-20(29-6)21(13-17)30-31(26,27)19-10-8-18(28-5)9-11-19/h7-13,15-16H,14H2,1-6H3,(H,23,25). The van der Waals surface area contributed by atoms with Crippen LogP contribution in [-0.4, -0.2) is 45.7 Å². The molecule has 8 nitrogen and oxygen atoms in total. The largest absolute Gasteiger partial charge is 0.497 e. The molecule has 1 N–H and O–H groups in total. The molecule has 0 aliphatic heterocycles. The van der Waals surface area contributed by atoms with Crippen LogP contribution in [-0.2, 0) is 16.7 Å². The zero-order chi connectivity index (χ0) is 23.2. The summed E-state index contributed by atoms with van der Waals surface area (Å²) in [6, 6.07) is 10.6. The third kappa shape index (κ3) is 6.52. The summed E-state index contributed by atoms with van der Waals surface area (Å²) in [5, 5.41) is 2.88. The first-order valence-corrected chi connectivity index (χ1v) is 11.3. The number of methoxy groups -OCH3 is 2. The molecule has 0 radical (unpaired) electrons. The van der Waals surface area contributed by atoms with E-state index in [1.165, 1.54) is 38.5 Å². The number of amides is 2. The lowest BCUT2D eigenvalue weighted by molar-refractivity contribution is 0.177. The number of rotatable bonds is 9. The minimum absolute atomic E-state index is 0.00171. The fourth-order valence-electron chi connectivity index (χ4n) is 2.81. The average molecular weight is 451 g/mol. The van der Waals surface area contributed by atoms with Gasteiger partial charge in [-0.15, -0.1) is 0 Å². The molecule has 0 aliphatic carbocycles. The van der Waals surface area contributed by atoms with E-state index in [0.29, 0.717) is 11.3 Å². The Labute approximate surface area is 184 Å². The molecule has 0 bridgehead atoms. The molecule has 2 aromatic carbocycles. The van der Waals surface area contributed by atoms with Gasteiger partial charge in [0.15, 0.2) is 11.5 Å². The van der Waals surface area contributed by atoms with E-state index < -0.39 is 10.1 Å². The summed E-state index contributed by atoms with van der Waals surface area (Å²) in [4.78, 5) is 14.2. The number of carbonyl (C=O) groups is 1. The number of ether oxygens (including phenoxy) is 2. The monoisotopic (exact) mass is 450 g/mol. The molecular weight excluding hydrogens is 420 g/mol. The molecule has 0 spiro atoms. The highest BCUT2D eigenvalue weighted by Crippen LogP contribution is 2.32. The fourth-order valence-corrected chi connectivity index (χ4v) is 3.74. The van der Waals surface area contributed by atoms with Crippen molar-refractivity contribution in [1.29, 1.82) is 0 Å². The van der Waals surface area contributed by atoms with E-state index in [1.807, 2.05) is 27.7 Å². The fraction of sp³-hybridized carbons (Fsp3) is 0.409. The number of urea groups is 1. The van der Waals surface area contributed by atoms with Gasteiger partial charge in [-0.2, -0.15) is 8.42 Å². The maximum atomic E-state index is 12.7. The number of hydrogen-bond acceptors (Lipinski definition) is 6. The Balaban J connectivity index is 2.31. The summed E-state index contributed by atoms with van der Waals surface area (Å²) >= 11 is 0. The van der Waals surface area contributed by atoms with Crippen molar-refractivity contribution >= 4 is 16.1 Å². The van der Waals surface area contributed by atoms with E-state index >= 15 is 0 Å². The first-order chi connectivity index (χ1) is 14.6. The molecule has 0 aromatic heterocycles. The molecule has 0 atom stereocenters. The van der Waals surface area contributed by atoms with Crippen molar-refractivity contribution < 1.29 is 26.9 Å². The summed E-state index contributed by atoms with van der Waals surface area (Å²) in [7, 11) is -1.17. The maximum absolute atomic E-state index is 12.7. The van der Waals surface area contributed by atoms with Crippen LogP contribution in [0, 0.1) is 0 Å². The van der Waals surface area contributed by atoms with Crippen molar-refractivity contribution in [2.24, 2.45) is 0 Å². The molecule has 2 aromatic rings. The van der Waals surface area contributed by atoms with Crippen molar-refractivity contribution in [2.45, 2.75) is 51.2 Å². The Hall–Kier alpha value is -2.94. The van der Waals surface area contributed by atoms with Crippen LogP contribution in [0.2, 0.25) is 0 Å². The highest BCUT2D eigenvalue weighted by Gasteiger charge is 2.22. The Morgan fingerprint density at radius 2 is 1.61 bits per heavy atom. The molecule has 2 rings (SSSR count). The molecule has 0 fully saturated rings. The van der Waals surface area contributed by atoms with Crippen molar-refractivity contribution in [3.8, 4) is 17.2 Å². The lowest BCUT2D eigenvalue weighted by Crippen LogP contribution is -2.45. The van der Waals surface area contributed by atoms with Gasteiger partial charge in [0.2, 0.25) is 0 Å². The van der Waals surface area contributed by atoms with Crippen LogP contribution in [0.4, 0.5) is 4.79 Å². The topological polar surface area (TPSA) is 94.2 Å². The second kappa shape index (κ2) is 10.4. The average Bonchev–Trinajstić information content (AvgIpc) is 2.71. The second-order valence-corrected chi connectivity index (χ2v) is 9.07. The lowest BCUT2D eigenvalue weighted by atomic mass is 10.1. The van der Waals surface area contributed by atoms with Gasteiger partial charge in [0.25, 0.3) is 0 Å². The van der Waals surface area contributed by atoms with Gasteiger partial charge in [0.1, 0.15) is 10.6 Å². The number of carbonyl (C=O) groups excluding carboxylic acids is 1. The third-order valence-electron chi connectivity index (χ3n) is 4.42. The van der Waals surface area contributed by atoms with E-state index in [0.717, 1.165) is 0 Å². The predicted molar refractivity (Wildman–Crippen MR) is 118 cm³/mol. The van der Waals surface area contributed by atoms with E-state index in [1.54, 1.807) is 23.1 Å². The molecule has 2 amide bonds. The molecule has 170 valence electrons. The van der Waals surface area contributed by atoms with Gasteiger partial charge in [-0.25, -0.2) is 4.79 Å². The predicted octanol–water partition coefficient (Wildman–Crippen LogP) is 3.80. The van der Waals surface area contributed by atoms with Gasteiger partial charge in [-0.3, -0.25) is 0 Å². The van der Waals surface area contributed by atoms with Crippen LogP contribution < -0.4 is 19.0 Å². The van der Waals surface area contributed by atoms with Gasteiger partial charge in [-0.05, 0) is 69.7 Å². The minimum atomic E-state index is -4.09. The quantitative estimate of drug-likeness (QED) is 0.584. The number of hydrogen-bond donors (Lipinski definition) is 1. The Morgan fingerprint density at radius 1 is 0.968 bits per heavy atom. The summed E-state index contributed by atoms with van der Waals surface area (Å²) in [6.45, 7) is 7.88. The SMILES string of the molecule is COc1ccc(S(=O)(=O)Oc2cc(CN(C(=O)NC(C)C)C(C)C)ccc2OC)cc1.